The van der Waals surface area contributed by atoms with Crippen LogP contribution in [0.5, 0.6) is 0 Å². The highest BCUT2D eigenvalue weighted by Gasteiger charge is 2.31. The van der Waals surface area contributed by atoms with Crippen LogP contribution in [0.25, 0.3) is 0 Å². The fourth-order valence-corrected chi connectivity index (χ4v) is 4.41. The number of hydrogen-bond donors (Lipinski definition) is 1. The molecule has 126 valence electrons. The predicted octanol–water partition coefficient (Wildman–Crippen LogP) is 1.35. The van der Waals surface area contributed by atoms with Gasteiger partial charge in [-0.3, -0.25) is 9.78 Å². The molecule has 1 aliphatic rings. The standard InChI is InChI=1S/C16H18N4O3S/c1-20(14-6-8-24(22,23)11-14)15-5-4-13(10-18-15)19-16(21)12-3-2-7-17-9-12/h2-5,7,9-10,14H,6,8,11H2,1H3,(H,19,21). The van der Waals surface area contributed by atoms with Crippen molar-refractivity contribution < 1.29 is 13.2 Å². The summed E-state index contributed by atoms with van der Waals surface area (Å²) in [6.07, 6.45) is 5.27. The highest BCUT2D eigenvalue weighted by Crippen LogP contribution is 2.22. The van der Waals surface area contributed by atoms with Crippen LogP contribution in [0.3, 0.4) is 0 Å². The van der Waals surface area contributed by atoms with Crippen LogP contribution in [-0.2, 0) is 9.84 Å². The highest BCUT2D eigenvalue weighted by molar-refractivity contribution is 7.91. The van der Waals surface area contributed by atoms with Crippen LogP contribution in [0.1, 0.15) is 16.8 Å². The smallest absolute Gasteiger partial charge is 0.257 e. The molecule has 1 amide bonds. The van der Waals surface area contributed by atoms with Crippen molar-refractivity contribution in [3.05, 3.63) is 48.4 Å². The van der Waals surface area contributed by atoms with Crippen LogP contribution in [0, 0.1) is 0 Å². The summed E-state index contributed by atoms with van der Waals surface area (Å²) in [5.41, 5.74) is 1.04. The van der Waals surface area contributed by atoms with E-state index in [0.717, 1.165) is 0 Å². The molecule has 2 aromatic heterocycles. The van der Waals surface area contributed by atoms with Crippen molar-refractivity contribution in [2.75, 3.05) is 28.8 Å². The first-order valence-corrected chi connectivity index (χ1v) is 9.37. The van der Waals surface area contributed by atoms with E-state index in [1.807, 2.05) is 11.9 Å². The van der Waals surface area contributed by atoms with Crippen LogP contribution in [0.2, 0.25) is 0 Å². The van der Waals surface area contributed by atoms with Gasteiger partial charge in [0.2, 0.25) is 0 Å². The van der Waals surface area contributed by atoms with Crippen molar-refractivity contribution in [3.8, 4) is 0 Å². The Labute approximate surface area is 140 Å². The van der Waals surface area contributed by atoms with Crippen molar-refractivity contribution >= 4 is 27.2 Å². The molecule has 0 radical (unpaired) electrons. The number of hydrogen-bond acceptors (Lipinski definition) is 6. The Morgan fingerprint density at radius 3 is 2.71 bits per heavy atom. The molecule has 0 spiro atoms. The molecule has 0 bridgehead atoms. The summed E-state index contributed by atoms with van der Waals surface area (Å²) in [5, 5.41) is 2.75. The van der Waals surface area contributed by atoms with Crippen molar-refractivity contribution in [1.82, 2.24) is 9.97 Å². The number of anilines is 2. The number of pyridine rings is 2. The van der Waals surface area contributed by atoms with Gasteiger partial charge >= 0.3 is 0 Å². The first-order chi connectivity index (χ1) is 11.4. The summed E-state index contributed by atoms with van der Waals surface area (Å²) in [6.45, 7) is 0. The van der Waals surface area contributed by atoms with Gasteiger partial charge in [-0.1, -0.05) is 0 Å². The number of sulfone groups is 1. The summed E-state index contributed by atoms with van der Waals surface area (Å²) in [6, 6.07) is 6.83. The molecule has 3 heterocycles. The minimum absolute atomic E-state index is 0.0571. The number of nitrogens with one attached hydrogen (secondary N) is 1. The van der Waals surface area contributed by atoms with E-state index in [9.17, 15) is 13.2 Å². The van der Waals surface area contributed by atoms with Gasteiger partial charge in [-0.05, 0) is 30.7 Å². The molecule has 1 atom stereocenters. The van der Waals surface area contributed by atoms with E-state index < -0.39 is 9.84 Å². The second-order valence-corrected chi connectivity index (χ2v) is 8.00. The zero-order chi connectivity index (χ0) is 17.2. The summed E-state index contributed by atoms with van der Waals surface area (Å²) in [4.78, 5) is 22.2. The molecule has 1 aliphatic heterocycles. The van der Waals surface area contributed by atoms with Gasteiger partial charge in [-0.2, -0.15) is 0 Å². The van der Waals surface area contributed by atoms with Crippen LogP contribution < -0.4 is 10.2 Å². The average Bonchev–Trinajstić information content (AvgIpc) is 2.95. The molecule has 2 aromatic rings. The Morgan fingerprint density at radius 2 is 2.12 bits per heavy atom. The SMILES string of the molecule is CN(c1ccc(NC(=O)c2cccnc2)cn1)C1CCS(=O)(=O)C1. The van der Waals surface area contributed by atoms with Gasteiger partial charge in [-0.25, -0.2) is 13.4 Å². The summed E-state index contributed by atoms with van der Waals surface area (Å²) >= 11 is 0. The van der Waals surface area contributed by atoms with E-state index in [2.05, 4.69) is 15.3 Å². The molecule has 24 heavy (non-hydrogen) atoms. The fourth-order valence-electron chi connectivity index (χ4n) is 2.64. The molecule has 0 aromatic carbocycles. The highest BCUT2D eigenvalue weighted by atomic mass is 32.2. The van der Waals surface area contributed by atoms with Crippen LogP contribution in [0.4, 0.5) is 11.5 Å². The molecule has 1 unspecified atom stereocenters. The van der Waals surface area contributed by atoms with Gasteiger partial charge in [0, 0.05) is 25.5 Å². The van der Waals surface area contributed by atoms with Crippen molar-refractivity contribution in [3.63, 3.8) is 0 Å². The van der Waals surface area contributed by atoms with E-state index in [1.54, 1.807) is 36.7 Å². The number of amides is 1. The molecule has 3 rings (SSSR count). The van der Waals surface area contributed by atoms with Crippen molar-refractivity contribution in [2.24, 2.45) is 0 Å². The number of aromatic nitrogens is 2. The topological polar surface area (TPSA) is 92.3 Å². The molecule has 1 fully saturated rings. The van der Waals surface area contributed by atoms with Crippen LogP contribution >= 0.6 is 0 Å². The van der Waals surface area contributed by atoms with E-state index >= 15 is 0 Å². The Hall–Kier alpha value is -2.48. The normalized spacial score (nSPS) is 19.0. The molecular weight excluding hydrogens is 328 g/mol. The van der Waals surface area contributed by atoms with E-state index in [-0.39, 0.29) is 23.5 Å². The monoisotopic (exact) mass is 346 g/mol. The third kappa shape index (κ3) is 3.70. The number of carbonyl (C=O) groups excluding carboxylic acids is 1. The Balaban J connectivity index is 1.66. The second-order valence-electron chi connectivity index (χ2n) is 5.77. The Kier molecular flexibility index (Phi) is 4.48. The number of rotatable bonds is 4. The largest absolute Gasteiger partial charge is 0.356 e. The third-order valence-corrected chi connectivity index (χ3v) is 5.80. The van der Waals surface area contributed by atoms with E-state index in [4.69, 9.17) is 0 Å². The fraction of sp³-hybridized carbons (Fsp3) is 0.312. The van der Waals surface area contributed by atoms with Crippen molar-refractivity contribution in [1.29, 1.82) is 0 Å². The van der Waals surface area contributed by atoms with Gasteiger partial charge in [0.25, 0.3) is 5.91 Å². The van der Waals surface area contributed by atoms with Gasteiger partial charge in [0.15, 0.2) is 9.84 Å². The maximum absolute atomic E-state index is 12.1. The van der Waals surface area contributed by atoms with Crippen LogP contribution in [0.15, 0.2) is 42.9 Å². The molecule has 0 aliphatic carbocycles. The minimum Gasteiger partial charge on any atom is -0.356 e. The first-order valence-electron chi connectivity index (χ1n) is 7.55. The molecular formula is C16H18N4O3S. The minimum atomic E-state index is -2.94. The summed E-state index contributed by atoms with van der Waals surface area (Å²) in [5.74, 6) is 0.802. The van der Waals surface area contributed by atoms with Gasteiger partial charge in [-0.15, -0.1) is 0 Å². The predicted molar refractivity (Wildman–Crippen MR) is 91.9 cm³/mol. The number of nitrogens with zero attached hydrogens (tertiary/aromatic N) is 3. The lowest BCUT2D eigenvalue weighted by molar-refractivity contribution is 0.102. The number of carbonyl (C=O) groups is 1. The van der Waals surface area contributed by atoms with Gasteiger partial charge in [0.05, 0.1) is 29.0 Å². The zero-order valence-electron chi connectivity index (χ0n) is 13.2. The second kappa shape index (κ2) is 6.56. The lowest BCUT2D eigenvalue weighted by Gasteiger charge is -2.24. The van der Waals surface area contributed by atoms with Gasteiger partial charge in [0.1, 0.15) is 5.82 Å². The third-order valence-electron chi connectivity index (χ3n) is 4.05. The van der Waals surface area contributed by atoms with E-state index in [1.165, 1.54) is 6.20 Å². The quantitative estimate of drug-likeness (QED) is 0.898. The molecule has 8 heteroatoms. The zero-order valence-corrected chi connectivity index (χ0v) is 14.0. The van der Waals surface area contributed by atoms with Crippen LogP contribution in [-0.4, -0.2) is 48.9 Å². The molecule has 1 N–H and O–H groups in total. The van der Waals surface area contributed by atoms with E-state index in [0.29, 0.717) is 23.5 Å². The molecule has 1 saturated heterocycles. The maximum atomic E-state index is 12.1. The Bertz CT molecular complexity index is 822. The summed E-state index contributed by atoms with van der Waals surface area (Å²) < 4.78 is 23.2. The first kappa shape index (κ1) is 16.4. The average molecular weight is 346 g/mol. The van der Waals surface area contributed by atoms with Crippen molar-refractivity contribution in [2.45, 2.75) is 12.5 Å². The van der Waals surface area contributed by atoms with Gasteiger partial charge < -0.3 is 10.2 Å². The molecule has 0 saturated carbocycles. The maximum Gasteiger partial charge on any atom is 0.257 e. The lowest BCUT2D eigenvalue weighted by Crippen LogP contribution is -2.33. The summed E-state index contributed by atoms with van der Waals surface area (Å²) in [7, 11) is -1.10. The lowest BCUT2D eigenvalue weighted by atomic mass is 10.2. The molecule has 7 nitrogen and oxygen atoms in total. The Morgan fingerprint density at radius 1 is 1.29 bits per heavy atom.